The van der Waals surface area contributed by atoms with Crippen molar-refractivity contribution in [2.45, 2.75) is 43.5 Å². The lowest BCUT2D eigenvalue weighted by molar-refractivity contribution is -0.133. The second-order valence-corrected chi connectivity index (χ2v) is 7.51. The SMILES string of the molecule is O=C1N=C(NC2CC2)SC1CC(=O)N1CCc2ccccc2C1. The van der Waals surface area contributed by atoms with Crippen molar-refractivity contribution >= 4 is 28.7 Å². The van der Waals surface area contributed by atoms with Crippen LogP contribution in [0.5, 0.6) is 0 Å². The van der Waals surface area contributed by atoms with Crippen molar-refractivity contribution in [3.63, 3.8) is 0 Å². The lowest BCUT2D eigenvalue weighted by Gasteiger charge is -2.29. The summed E-state index contributed by atoms with van der Waals surface area (Å²) in [4.78, 5) is 30.4. The van der Waals surface area contributed by atoms with E-state index in [1.54, 1.807) is 0 Å². The third-order valence-electron chi connectivity index (χ3n) is 4.49. The van der Waals surface area contributed by atoms with E-state index in [0.717, 1.165) is 25.8 Å². The number of nitrogens with one attached hydrogen (secondary N) is 1. The van der Waals surface area contributed by atoms with E-state index in [1.165, 1.54) is 22.9 Å². The van der Waals surface area contributed by atoms with Crippen LogP contribution >= 0.6 is 11.8 Å². The van der Waals surface area contributed by atoms with Gasteiger partial charge in [-0.15, -0.1) is 0 Å². The number of rotatable bonds is 3. The van der Waals surface area contributed by atoms with E-state index < -0.39 is 0 Å². The molecule has 1 unspecified atom stereocenters. The predicted molar refractivity (Wildman–Crippen MR) is 90.2 cm³/mol. The molecule has 1 aromatic carbocycles. The van der Waals surface area contributed by atoms with Gasteiger partial charge in [-0.05, 0) is 30.4 Å². The fourth-order valence-electron chi connectivity index (χ4n) is 2.98. The topological polar surface area (TPSA) is 61.8 Å². The Morgan fingerprint density at radius 1 is 1.30 bits per heavy atom. The van der Waals surface area contributed by atoms with Crippen LogP contribution < -0.4 is 5.32 Å². The number of aliphatic imine (C=N–C) groups is 1. The van der Waals surface area contributed by atoms with Gasteiger partial charge in [-0.3, -0.25) is 9.59 Å². The van der Waals surface area contributed by atoms with Crippen LogP contribution in [0, 0.1) is 0 Å². The van der Waals surface area contributed by atoms with E-state index in [-0.39, 0.29) is 23.5 Å². The monoisotopic (exact) mass is 329 g/mol. The summed E-state index contributed by atoms with van der Waals surface area (Å²) < 4.78 is 0. The molecule has 6 heteroatoms. The average Bonchev–Trinajstić information content (AvgIpc) is 3.30. The standard InChI is InChI=1S/C17H19N3O2S/c21-15(20-8-7-11-3-1-2-4-12(11)10-20)9-14-16(22)19-17(23-14)18-13-5-6-13/h1-4,13-14H,5-10H2,(H,18,19,22). The zero-order valence-electron chi connectivity index (χ0n) is 12.8. The van der Waals surface area contributed by atoms with Crippen molar-refractivity contribution < 1.29 is 9.59 Å². The number of carbonyl (C=O) groups excluding carboxylic acids is 2. The smallest absolute Gasteiger partial charge is 0.262 e. The first kappa shape index (κ1) is 14.8. The Morgan fingerprint density at radius 3 is 2.87 bits per heavy atom. The minimum atomic E-state index is -0.360. The van der Waals surface area contributed by atoms with Gasteiger partial charge in [-0.25, -0.2) is 0 Å². The number of amides is 2. The molecule has 2 heterocycles. The number of hydrogen-bond acceptors (Lipinski definition) is 4. The van der Waals surface area contributed by atoms with Crippen LogP contribution in [0.25, 0.3) is 0 Å². The van der Waals surface area contributed by atoms with Gasteiger partial charge in [-0.1, -0.05) is 36.0 Å². The molecule has 1 aliphatic carbocycles. The molecule has 0 aromatic heterocycles. The summed E-state index contributed by atoms with van der Waals surface area (Å²) in [5.41, 5.74) is 2.53. The van der Waals surface area contributed by atoms with Gasteiger partial charge in [-0.2, -0.15) is 4.99 Å². The zero-order chi connectivity index (χ0) is 15.8. The summed E-state index contributed by atoms with van der Waals surface area (Å²) in [5, 5.41) is 3.58. The first-order valence-corrected chi connectivity index (χ1v) is 8.97. The van der Waals surface area contributed by atoms with Gasteiger partial charge >= 0.3 is 0 Å². The van der Waals surface area contributed by atoms with Gasteiger partial charge in [0.1, 0.15) is 5.25 Å². The van der Waals surface area contributed by atoms with Crippen molar-refractivity contribution in [3.05, 3.63) is 35.4 Å². The van der Waals surface area contributed by atoms with E-state index in [1.807, 2.05) is 17.0 Å². The van der Waals surface area contributed by atoms with Crippen molar-refractivity contribution in [1.82, 2.24) is 10.2 Å². The summed E-state index contributed by atoms with van der Waals surface area (Å²) in [6.45, 7) is 1.38. The van der Waals surface area contributed by atoms with Crippen LogP contribution in [-0.4, -0.2) is 39.7 Å². The Balaban J connectivity index is 1.35. The van der Waals surface area contributed by atoms with Crippen LogP contribution in [0.15, 0.2) is 29.3 Å². The molecule has 3 aliphatic rings. The van der Waals surface area contributed by atoms with Gasteiger partial charge in [0.15, 0.2) is 5.17 Å². The van der Waals surface area contributed by atoms with Crippen molar-refractivity contribution in [2.24, 2.45) is 4.99 Å². The quantitative estimate of drug-likeness (QED) is 0.917. The van der Waals surface area contributed by atoms with Crippen LogP contribution in [0.3, 0.4) is 0 Å². The molecule has 1 atom stereocenters. The van der Waals surface area contributed by atoms with Crippen LogP contribution in [0.1, 0.15) is 30.4 Å². The number of hydrogen-bond donors (Lipinski definition) is 1. The number of carbonyl (C=O) groups is 2. The van der Waals surface area contributed by atoms with E-state index in [2.05, 4.69) is 22.4 Å². The number of benzene rings is 1. The molecule has 2 amide bonds. The van der Waals surface area contributed by atoms with Gasteiger partial charge < -0.3 is 10.2 Å². The highest BCUT2D eigenvalue weighted by atomic mass is 32.2. The molecule has 23 heavy (non-hydrogen) atoms. The van der Waals surface area contributed by atoms with Gasteiger partial charge in [0, 0.05) is 25.6 Å². The molecule has 120 valence electrons. The second-order valence-electron chi connectivity index (χ2n) is 6.32. The predicted octanol–water partition coefficient (Wildman–Crippen LogP) is 1.71. The van der Waals surface area contributed by atoms with Gasteiger partial charge in [0.2, 0.25) is 5.91 Å². The number of amidine groups is 1. The third-order valence-corrected chi connectivity index (χ3v) is 5.57. The van der Waals surface area contributed by atoms with Gasteiger partial charge in [0.05, 0.1) is 0 Å². The second kappa shape index (κ2) is 6.00. The molecular formula is C17H19N3O2S. The highest BCUT2D eigenvalue weighted by Gasteiger charge is 2.34. The molecular weight excluding hydrogens is 310 g/mol. The molecule has 0 spiro atoms. The van der Waals surface area contributed by atoms with Gasteiger partial charge in [0.25, 0.3) is 5.91 Å². The minimum Gasteiger partial charge on any atom is -0.362 e. The molecule has 1 N–H and O–H groups in total. The first-order valence-electron chi connectivity index (χ1n) is 8.09. The maximum Gasteiger partial charge on any atom is 0.262 e. The van der Waals surface area contributed by atoms with E-state index >= 15 is 0 Å². The summed E-state index contributed by atoms with van der Waals surface area (Å²) in [6.07, 6.45) is 3.42. The normalized spacial score (nSPS) is 23.5. The van der Waals surface area contributed by atoms with Crippen LogP contribution in [0.2, 0.25) is 0 Å². The van der Waals surface area contributed by atoms with Crippen molar-refractivity contribution in [1.29, 1.82) is 0 Å². The first-order chi connectivity index (χ1) is 11.2. The molecule has 1 fully saturated rings. The Morgan fingerprint density at radius 2 is 2.09 bits per heavy atom. The molecule has 0 radical (unpaired) electrons. The largest absolute Gasteiger partial charge is 0.362 e. The Hall–Kier alpha value is -1.82. The van der Waals surface area contributed by atoms with Crippen LogP contribution in [0.4, 0.5) is 0 Å². The zero-order valence-corrected chi connectivity index (χ0v) is 13.6. The molecule has 2 aliphatic heterocycles. The fraction of sp³-hybridized carbons (Fsp3) is 0.471. The lowest BCUT2D eigenvalue weighted by atomic mass is 9.99. The number of thioether (sulfide) groups is 1. The van der Waals surface area contributed by atoms with Crippen molar-refractivity contribution in [3.8, 4) is 0 Å². The molecule has 1 aromatic rings. The molecule has 0 saturated heterocycles. The number of fused-ring (bicyclic) bond motifs is 1. The molecule has 0 bridgehead atoms. The van der Waals surface area contributed by atoms with E-state index in [4.69, 9.17) is 0 Å². The van der Waals surface area contributed by atoms with E-state index in [0.29, 0.717) is 17.8 Å². The molecule has 5 nitrogen and oxygen atoms in total. The highest BCUT2D eigenvalue weighted by Crippen LogP contribution is 2.29. The third kappa shape index (κ3) is 3.27. The Bertz CT molecular complexity index is 684. The summed E-state index contributed by atoms with van der Waals surface area (Å²) in [6, 6.07) is 8.72. The molecule has 4 rings (SSSR count). The fourth-order valence-corrected chi connectivity index (χ4v) is 4.00. The summed E-state index contributed by atoms with van der Waals surface area (Å²) >= 11 is 1.41. The lowest BCUT2D eigenvalue weighted by Crippen LogP contribution is -2.37. The highest BCUT2D eigenvalue weighted by molar-refractivity contribution is 8.15. The minimum absolute atomic E-state index is 0.0493. The maximum atomic E-state index is 12.5. The Kier molecular flexibility index (Phi) is 3.85. The summed E-state index contributed by atoms with van der Waals surface area (Å²) in [5.74, 6) is -0.128. The van der Waals surface area contributed by atoms with Crippen LogP contribution in [-0.2, 0) is 22.6 Å². The number of nitrogens with zero attached hydrogens (tertiary/aromatic N) is 2. The summed E-state index contributed by atoms with van der Waals surface area (Å²) in [7, 11) is 0. The Labute approximate surface area is 139 Å². The average molecular weight is 329 g/mol. The van der Waals surface area contributed by atoms with Crippen molar-refractivity contribution in [2.75, 3.05) is 6.54 Å². The maximum absolute atomic E-state index is 12.5. The van der Waals surface area contributed by atoms with E-state index in [9.17, 15) is 9.59 Å². The molecule has 1 saturated carbocycles.